The van der Waals surface area contributed by atoms with Gasteiger partial charge >= 0.3 is 6.18 Å². The molecular weight excluding hydrogens is 526 g/mol. The summed E-state index contributed by atoms with van der Waals surface area (Å²) in [6.07, 6.45) is -3.47. The van der Waals surface area contributed by atoms with E-state index in [4.69, 9.17) is 4.74 Å². The average molecular weight is 557 g/mol. The van der Waals surface area contributed by atoms with Crippen molar-refractivity contribution in [3.05, 3.63) is 35.4 Å². The number of hydrogen-bond donors (Lipinski definition) is 3. The first kappa shape index (κ1) is 27.4. The van der Waals surface area contributed by atoms with Crippen molar-refractivity contribution in [2.24, 2.45) is 4.99 Å². The van der Waals surface area contributed by atoms with Crippen LogP contribution in [0.25, 0.3) is 0 Å². The number of halogens is 4. The number of nitrogens with one attached hydrogen (secondary N) is 3. The Labute approximate surface area is 198 Å². The number of ether oxygens (including phenoxy) is 1. The number of benzene rings is 1. The third-order valence-electron chi connectivity index (χ3n) is 4.53. The number of carbonyl (C=O) groups excluding carboxylic acids is 1. The molecule has 0 radical (unpaired) electrons. The Kier molecular flexibility index (Phi) is 12.8. The van der Waals surface area contributed by atoms with Crippen LogP contribution in [0.3, 0.4) is 0 Å². The summed E-state index contributed by atoms with van der Waals surface area (Å²) in [5, 5.41) is 8.96. The van der Waals surface area contributed by atoms with E-state index in [2.05, 4.69) is 25.8 Å². The third-order valence-corrected chi connectivity index (χ3v) is 4.53. The Morgan fingerprint density at radius 3 is 2.35 bits per heavy atom. The van der Waals surface area contributed by atoms with E-state index in [-0.39, 0.29) is 29.5 Å². The molecule has 1 aliphatic rings. The van der Waals surface area contributed by atoms with Crippen LogP contribution in [0.4, 0.5) is 13.2 Å². The molecule has 1 amide bonds. The molecule has 1 heterocycles. The Morgan fingerprint density at radius 2 is 1.74 bits per heavy atom. The lowest BCUT2D eigenvalue weighted by molar-refractivity contribution is -0.137. The van der Waals surface area contributed by atoms with E-state index in [1.165, 1.54) is 12.1 Å². The predicted molar refractivity (Wildman–Crippen MR) is 125 cm³/mol. The average Bonchev–Trinajstić information content (AvgIpc) is 2.74. The summed E-state index contributed by atoms with van der Waals surface area (Å²) < 4.78 is 43.1. The summed E-state index contributed by atoms with van der Waals surface area (Å²) in [5.41, 5.74) is -0.590. The molecular formula is C20H31F3IN5O2. The maximum Gasteiger partial charge on any atom is 0.416 e. The summed E-state index contributed by atoms with van der Waals surface area (Å²) in [6.45, 7) is 8.60. The molecule has 1 fully saturated rings. The monoisotopic (exact) mass is 557 g/mol. The normalized spacial score (nSPS) is 15.2. The van der Waals surface area contributed by atoms with Crippen LogP contribution in [-0.2, 0) is 10.9 Å². The maximum atomic E-state index is 12.6. The number of alkyl halides is 3. The summed E-state index contributed by atoms with van der Waals surface area (Å²) in [5.74, 6) is 0.251. The molecule has 0 bridgehead atoms. The first-order chi connectivity index (χ1) is 14.4. The van der Waals surface area contributed by atoms with Crippen LogP contribution in [-0.4, -0.2) is 75.8 Å². The molecule has 0 aliphatic carbocycles. The van der Waals surface area contributed by atoms with Crippen molar-refractivity contribution >= 4 is 35.8 Å². The lowest BCUT2D eigenvalue weighted by Crippen LogP contribution is -2.41. The standard InChI is InChI=1S/C20H30F3N5O2.HI/c1-2-24-19(26-8-3-11-28-12-14-30-15-13-28)27-10-9-25-18(29)16-4-6-17(7-5-16)20(21,22)23;/h4-7H,2-3,8-15H2,1H3,(H,25,29)(H2,24,26,27);1H. The molecule has 1 saturated heterocycles. The van der Waals surface area contributed by atoms with Gasteiger partial charge in [-0.1, -0.05) is 0 Å². The van der Waals surface area contributed by atoms with Crippen LogP contribution in [0.15, 0.2) is 29.3 Å². The van der Waals surface area contributed by atoms with Gasteiger partial charge in [0.25, 0.3) is 5.91 Å². The minimum atomic E-state index is -4.41. The lowest BCUT2D eigenvalue weighted by Gasteiger charge is -2.26. The van der Waals surface area contributed by atoms with Crippen LogP contribution < -0.4 is 16.0 Å². The first-order valence-corrected chi connectivity index (χ1v) is 10.2. The summed E-state index contributed by atoms with van der Waals surface area (Å²) in [6, 6.07) is 4.15. The van der Waals surface area contributed by atoms with Crippen molar-refractivity contribution in [2.45, 2.75) is 19.5 Å². The molecule has 0 aromatic heterocycles. The van der Waals surface area contributed by atoms with Gasteiger partial charge in [-0.2, -0.15) is 13.2 Å². The van der Waals surface area contributed by atoms with Crippen molar-refractivity contribution in [3.63, 3.8) is 0 Å². The number of rotatable bonds is 9. The number of carbonyl (C=O) groups is 1. The molecule has 7 nitrogen and oxygen atoms in total. The van der Waals surface area contributed by atoms with Gasteiger partial charge in [-0.25, -0.2) is 0 Å². The molecule has 31 heavy (non-hydrogen) atoms. The van der Waals surface area contributed by atoms with Crippen molar-refractivity contribution in [1.82, 2.24) is 20.9 Å². The number of hydrogen-bond acceptors (Lipinski definition) is 4. The summed E-state index contributed by atoms with van der Waals surface area (Å²) in [7, 11) is 0. The largest absolute Gasteiger partial charge is 0.416 e. The highest BCUT2D eigenvalue weighted by molar-refractivity contribution is 14.0. The fourth-order valence-corrected chi connectivity index (χ4v) is 2.92. The second kappa shape index (κ2) is 14.5. The molecule has 3 N–H and O–H groups in total. The summed E-state index contributed by atoms with van der Waals surface area (Å²) in [4.78, 5) is 18.9. The van der Waals surface area contributed by atoms with Crippen LogP contribution in [0, 0.1) is 0 Å². The molecule has 0 saturated carbocycles. The quantitative estimate of drug-likeness (QED) is 0.188. The highest BCUT2D eigenvalue weighted by Gasteiger charge is 2.30. The van der Waals surface area contributed by atoms with E-state index in [1.54, 1.807) is 0 Å². The minimum absolute atomic E-state index is 0. The van der Waals surface area contributed by atoms with Gasteiger partial charge in [0.05, 0.1) is 18.8 Å². The van der Waals surface area contributed by atoms with Gasteiger partial charge in [0.15, 0.2) is 5.96 Å². The smallest absolute Gasteiger partial charge is 0.379 e. The predicted octanol–water partition coefficient (Wildman–Crippen LogP) is 2.33. The van der Waals surface area contributed by atoms with Gasteiger partial charge in [0.1, 0.15) is 0 Å². The molecule has 0 unspecified atom stereocenters. The second-order valence-electron chi connectivity index (χ2n) is 6.83. The van der Waals surface area contributed by atoms with Crippen molar-refractivity contribution in [3.8, 4) is 0 Å². The SMILES string of the molecule is CCNC(=NCCCN1CCOCC1)NCCNC(=O)c1ccc(C(F)(F)F)cc1.I. The molecule has 2 rings (SSSR count). The van der Waals surface area contributed by atoms with Gasteiger partial charge in [-0.15, -0.1) is 24.0 Å². The van der Waals surface area contributed by atoms with Gasteiger partial charge in [-0.05, 0) is 37.6 Å². The van der Waals surface area contributed by atoms with E-state index in [0.29, 0.717) is 32.1 Å². The van der Waals surface area contributed by atoms with E-state index in [1.807, 2.05) is 6.92 Å². The fourth-order valence-electron chi connectivity index (χ4n) is 2.92. The highest BCUT2D eigenvalue weighted by Crippen LogP contribution is 2.29. The fraction of sp³-hybridized carbons (Fsp3) is 0.600. The molecule has 1 aromatic rings. The Morgan fingerprint density at radius 1 is 1.10 bits per heavy atom. The number of amides is 1. The number of guanidine groups is 1. The van der Waals surface area contributed by atoms with E-state index >= 15 is 0 Å². The van der Waals surface area contributed by atoms with Crippen LogP contribution in [0.1, 0.15) is 29.3 Å². The Hall–Kier alpha value is -1.60. The van der Waals surface area contributed by atoms with Gasteiger partial charge in [0.2, 0.25) is 0 Å². The summed E-state index contributed by atoms with van der Waals surface area (Å²) >= 11 is 0. The van der Waals surface area contributed by atoms with Crippen LogP contribution in [0.5, 0.6) is 0 Å². The first-order valence-electron chi connectivity index (χ1n) is 10.2. The zero-order valence-electron chi connectivity index (χ0n) is 17.6. The van der Waals surface area contributed by atoms with E-state index in [0.717, 1.165) is 51.4 Å². The third kappa shape index (κ3) is 10.5. The highest BCUT2D eigenvalue weighted by atomic mass is 127. The topological polar surface area (TPSA) is 78.0 Å². The van der Waals surface area contributed by atoms with Crippen LogP contribution >= 0.6 is 24.0 Å². The van der Waals surface area contributed by atoms with E-state index in [9.17, 15) is 18.0 Å². The van der Waals surface area contributed by atoms with Gasteiger partial charge in [-0.3, -0.25) is 14.7 Å². The molecule has 176 valence electrons. The Bertz CT molecular complexity index is 680. The minimum Gasteiger partial charge on any atom is -0.379 e. The van der Waals surface area contributed by atoms with Gasteiger partial charge < -0.3 is 20.7 Å². The molecule has 1 aliphatic heterocycles. The second-order valence-corrected chi connectivity index (χ2v) is 6.83. The zero-order chi connectivity index (χ0) is 21.8. The molecule has 0 spiro atoms. The number of nitrogens with zero attached hydrogens (tertiary/aromatic N) is 2. The van der Waals surface area contributed by atoms with Crippen molar-refractivity contribution in [1.29, 1.82) is 0 Å². The lowest BCUT2D eigenvalue weighted by atomic mass is 10.1. The maximum absolute atomic E-state index is 12.6. The molecule has 0 atom stereocenters. The van der Waals surface area contributed by atoms with Crippen molar-refractivity contribution < 1.29 is 22.7 Å². The van der Waals surface area contributed by atoms with E-state index < -0.39 is 17.6 Å². The zero-order valence-corrected chi connectivity index (χ0v) is 20.0. The van der Waals surface area contributed by atoms with Crippen LogP contribution in [0.2, 0.25) is 0 Å². The van der Waals surface area contributed by atoms with Gasteiger partial charge in [0, 0.05) is 51.4 Å². The molecule has 11 heteroatoms. The molecule has 1 aromatic carbocycles. The van der Waals surface area contributed by atoms with Crippen molar-refractivity contribution in [2.75, 3.05) is 59.0 Å². The number of aliphatic imine (C=N–C) groups is 1. The number of morpholine rings is 1. The Balaban J connectivity index is 0.00000480.